The minimum absolute atomic E-state index is 0.0326. The lowest BCUT2D eigenvalue weighted by Gasteiger charge is -2.27. The number of fused-ring (bicyclic) bond motifs is 4. The maximum atomic E-state index is 14.9. The number of carbonyl (C=O) groups excluding carboxylic acids is 1. The molecule has 2 unspecified atom stereocenters. The maximum absolute atomic E-state index is 14.9. The van der Waals surface area contributed by atoms with E-state index in [9.17, 15) is 18.7 Å². The summed E-state index contributed by atoms with van der Waals surface area (Å²) in [5.41, 5.74) is 10.8. The number of methoxy groups -OCH3 is 1. The second kappa shape index (κ2) is 9.79. The van der Waals surface area contributed by atoms with Crippen LogP contribution in [-0.4, -0.2) is 55.8 Å². The summed E-state index contributed by atoms with van der Waals surface area (Å²) in [6.45, 7) is 1.45. The van der Waals surface area contributed by atoms with Crippen LogP contribution in [0.4, 0.5) is 8.78 Å². The fourth-order valence-corrected chi connectivity index (χ4v) is 7.39. The highest BCUT2D eigenvalue weighted by atomic mass is 19.1. The van der Waals surface area contributed by atoms with Crippen molar-refractivity contribution in [1.29, 1.82) is 0 Å². The number of benzene rings is 3. The molecule has 2 aliphatic carbocycles. The molecule has 1 saturated heterocycles. The van der Waals surface area contributed by atoms with E-state index in [4.69, 9.17) is 15.5 Å². The first-order valence-corrected chi connectivity index (χ1v) is 15.2. The summed E-state index contributed by atoms with van der Waals surface area (Å²) in [5.74, 6) is -0.844. The normalized spacial score (nSPS) is 21.2. The number of rotatable bonds is 6. The minimum Gasteiger partial charge on any atom is -0.503 e. The number of hydrogen-bond acceptors (Lipinski definition) is 5. The van der Waals surface area contributed by atoms with Crippen molar-refractivity contribution in [1.82, 2.24) is 19.0 Å². The first-order chi connectivity index (χ1) is 21.2. The zero-order valence-electron chi connectivity index (χ0n) is 24.6. The number of phenols is 1. The second-order valence-electron chi connectivity index (χ2n) is 12.6. The van der Waals surface area contributed by atoms with E-state index in [1.54, 1.807) is 19.2 Å². The van der Waals surface area contributed by atoms with Crippen molar-refractivity contribution in [2.75, 3.05) is 13.7 Å². The molecule has 8 nitrogen and oxygen atoms in total. The van der Waals surface area contributed by atoms with Crippen LogP contribution in [0.1, 0.15) is 36.0 Å². The summed E-state index contributed by atoms with van der Waals surface area (Å²) in [7, 11) is 3.54. The number of carbonyl (C=O) groups is 1. The Morgan fingerprint density at radius 3 is 2.61 bits per heavy atom. The molecule has 2 aromatic heterocycles. The summed E-state index contributed by atoms with van der Waals surface area (Å²) in [5, 5.41) is 10.8. The van der Waals surface area contributed by atoms with Crippen LogP contribution in [0.2, 0.25) is 0 Å². The lowest BCUT2D eigenvalue weighted by Crippen LogP contribution is -2.41. The SMILES string of the molecule is COc1cc(C(=O)N2CC3CCC2[C@@H]3N)cc2nc(-c3cc4ccc(-c5ccc(F)c(O)c5F)cc4n3CC3CC3)n(C)c12. The van der Waals surface area contributed by atoms with Gasteiger partial charge in [0.2, 0.25) is 0 Å². The summed E-state index contributed by atoms with van der Waals surface area (Å²) in [4.78, 5) is 20.7. The lowest BCUT2D eigenvalue weighted by molar-refractivity contribution is 0.0700. The third-order valence-electron chi connectivity index (χ3n) is 9.96. The van der Waals surface area contributed by atoms with Crippen LogP contribution in [0.3, 0.4) is 0 Å². The molecule has 226 valence electrons. The Labute approximate surface area is 252 Å². The van der Waals surface area contributed by atoms with E-state index in [1.165, 1.54) is 6.07 Å². The highest BCUT2D eigenvalue weighted by Gasteiger charge is 2.47. The predicted molar refractivity (Wildman–Crippen MR) is 163 cm³/mol. The van der Waals surface area contributed by atoms with Gasteiger partial charge in [-0.2, -0.15) is 0 Å². The number of hydrogen-bond donors (Lipinski definition) is 2. The highest BCUT2D eigenvalue weighted by Crippen LogP contribution is 2.41. The number of imidazole rings is 1. The van der Waals surface area contributed by atoms with Gasteiger partial charge < -0.3 is 29.6 Å². The molecule has 44 heavy (non-hydrogen) atoms. The van der Waals surface area contributed by atoms with Crippen LogP contribution < -0.4 is 10.5 Å². The molecule has 3 N–H and O–H groups in total. The number of piperidine rings is 1. The molecule has 3 atom stereocenters. The molecule has 8 rings (SSSR count). The lowest BCUT2D eigenvalue weighted by atomic mass is 10.0. The molecular formula is C34H33F2N5O3. The number of aromatic nitrogens is 3. The summed E-state index contributed by atoms with van der Waals surface area (Å²) < 4.78 is 38.7. The molecule has 3 fully saturated rings. The van der Waals surface area contributed by atoms with Crippen molar-refractivity contribution in [3.05, 3.63) is 65.7 Å². The third kappa shape index (κ3) is 4.03. The average Bonchev–Trinajstić information content (AvgIpc) is 3.43. The van der Waals surface area contributed by atoms with Crippen LogP contribution in [0.25, 0.3) is 44.6 Å². The van der Waals surface area contributed by atoms with Gasteiger partial charge in [-0.15, -0.1) is 0 Å². The van der Waals surface area contributed by atoms with Crippen LogP contribution in [0.15, 0.2) is 48.5 Å². The van der Waals surface area contributed by atoms with Crippen molar-refractivity contribution in [2.45, 2.75) is 44.3 Å². The van der Waals surface area contributed by atoms with Gasteiger partial charge >= 0.3 is 0 Å². The summed E-state index contributed by atoms with van der Waals surface area (Å²) in [6.07, 6.45) is 4.26. The van der Waals surface area contributed by atoms with Gasteiger partial charge in [-0.25, -0.2) is 13.8 Å². The van der Waals surface area contributed by atoms with E-state index in [1.807, 2.05) is 34.7 Å². The van der Waals surface area contributed by atoms with E-state index in [2.05, 4.69) is 10.6 Å². The van der Waals surface area contributed by atoms with Crippen LogP contribution in [-0.2, 0) is 13.6 Å². The Bertz CT molecular complexity index is 1990. The van der Waals surface area contributed by atoms with E-state index >= 15 is 0 Å². The van der Waals surface area contributed by atoms with Crippen molar-refractivity contribution < 1.29 is 23.4 Å². The van der Waals surface area contributed by atoms with Gasteiger partial charge in [0.25, 0.3) is 5.91 Å². The van der Waals surface area contributed by atoms with Gasteiger partial charge in [-0.3, -0.25) is 4.79 Å². The zero-order chi connectivity index (χ0) is 30.4. The molecule has 0 spiro atoms. The number of amides is 1. The quantitative estimate of drug-likeness (QED) is 0.257. The Morgan fingerprint density at radius 1 is 1.09 bits per heavy atom. The Balaban J connectivity index is 1.25. The van der Waals surface area contributed by atoms with E-state index < -0.39 is 17.4 Å². The molecule has 2 bridgehead atoms. The molecule has 10 heteroatoms. The number of nitrogens with zero attached hydrogens (tertiary/aromatic N) is 4. The monoisotopic (exact) mass is 597 g/mol. The molecule has 3 aliphatic rings. The zero-order valence-corrected chi connectivity index (χ0v) is 24.6. The third-order valence-corrected chi connectivity index (χ3v) is 9.96. The minimum atomic E-state index is -0.995. The predicted octanol–water partition coefficient (Wildman–Crippen LogP) is 5.83. The van der Waals surface area contributed by atoms with Crippen molar-refractivity contribution in [3.8, 4) is 34.1 Å². The Kier molecular flexibility index (Phi) is 6.03. The Morgan fingerprint density at radius 2 is 1.91 bits per heavy atom. The fourth-order valence-electron chi connectivity index (χ4n) is 7.39. The van der Waals surface area contributed by atoms with Crippen molar-refractivity contribution >= 4 is 27.8 Å². The molecule has 3 aromatic carbocycles. The molecule has 2 saturated carbocycles. The fraction of sp³-hybridized carbons (Fsp3) is 0.353. The molecule has 1 aliphatic heterocycles. The van der Waals surface area contributed by atoms with E-state index in [0.717, 1.165) is 60.4 Å². The van der Waals surface area contributed by atoms with Gasteiger partial charge in [0, 0.05) is 54.3 Å². The van der Waals surface area contributed by atoms with Gasteiger partial charge in [-0.05, 0) is 79.5 Å². The van der Waals surface area contributed by atoms with Gasteiger partial charge in [0.05, 0.1) is 18.3 Å². The number of likely N-dealkylation sites (tertiary alicyclic amines) is 1. The van der Waals surface area contributed by atoms with Crippen LogP contribution in [0.5, 0.6) is 11.5 Å². The van der Waals surface area contributed by atoms with E-state index in [-0.39, 0.29) is 23.6 Å². The number of nitrogens with two attached hydrogens (primary N) is 1. The largest absolute Gasteiger partial charge is 0.503 e. The van der Waals surface area contributed by atoms with Crippen LogP contribution >= 0.6 is 0 Å². The standard InChI is InChI=1S/C34H33F2N5O3/c1-39-31-24(11-21(14-28(31)44-2)34(43)41-16-20-7-10-25(41)30(20)37)38-33(39)27-13-19-6-5-18(12-26(19)40(27)15-17-3-4-17)22-8-9-23(35)32(42)29(22)36/h5-6,8-9,11-14,17,20,25,30,42H,3-4,7,10,15-16,37H2,1-2H3/t20?,25?,30-/m1/s1. The first kappa shape index (κ1) is 27.1. The highest BCUT2D eigenvalue weighted by molar-refractivity contribution is 6.00. The van der Waals surface area contributed by atoms with E-state index in [0.29, 0.717) is 46.6 Å². The van der Waals surface area contributed by atoms with Crippen LogP contribution in [0, 0.1) is 23.5 Å². The molecule has 1 amide bonds. The van der Waals surface area contributed by atoms with Gasteiger partial charge in [0.15, 0.2) is 23.2 Å². The Hall–Kier alpha value is -4.44. The van der Waals surface area contributed by atoms with Crippen molar-refractivity contribution in [2.24, 2.45) is 24.6 Å². The summed E-state index contributed by atoms with van der Waals surface area (Å²) >= 11 is 0. The molecular weight excluding hydrogens is 564 g/mol. The van der Waals surface area contributed by atoms with Crippen molar-refractivity contribution in [3.63, 3.8) is 0 Å². The molecule has 3 heterocycles. The van der Waals surface area contributed by atoms with Gasteiger partial charge in [0.1, 0.15) is 11.3 Å². The number of phenolic OH excluding ortho intramolecular Hbond substituents is 1. The van der Waals surface area contributed by atoms with Gasteiger partial charge in [-0.1, -0.05) is 12.1 Å². The topological polar surface area (TPSA) is 98.5 Å². The first-order valence-electron chi connectivity index (χ1n) is 15.2. The molecule has 5 aromatic rings. The number of ether oxygens (including phenoxy) is 1. The smallest absolute Gasteiger partial charge is 0.254 e. The molecule has 0 radical (unpaired) electrons. The second-order valence-corrected chi connectivity index (χ2v) is 12.6. The average molecular weight is 598 g/mol. The maximum Gasteiger partial charge on any atom is 0.254 e. The number of aromatic hydroxyl groups is 1. The summed E-state index contributed by atoms with van der Waals surface area (Å²) in [6, 6.07) is 13.8. The number of aryl methyl sites for hydroxylation is 1. The number of halogens is 2.